The molecule has 0 saturated heterocycles. The van der Waals surface area contributed by atoms with Crippen LogP contribution in [0.15, 0.2) is 121 Å². The molecule has 0 spiro atoms. The minimum absolute atomic E-state index is 0.0688. The molecule has 2 aromatic heterocycles. The molecule has 208 valence electrons. The van der Waals surface area contributed by atoms with Gasteiger partial charge in [0.05, 0.1) is 17.1 Å². The molecule has 1 aliphatic heterocycles. The molecule has 6 aromatic rings. The highest BCUT2D eigenvalue weighted by atomic mass is 16.3. The molecular formula is C37H33N3O2. The lowest BCUT2D eigenvalue weighted by molar-refractivity contribution is 0.0531. The van der Waals surface area contributed by atoms with E-state index in [-0.39, 0.29) is 5.91 Å². The van der Waals surface area contributed by atoms with Crippen LogP contribution in [-0.4, -0.2) is 25.1 Å². The highest BCUT2D eigenvalue weighted by Gasteiger charge is 2.42. The van der Waals surface area contributed by atoms with Gasteiger partial charge in [0.25, 0.3) is 0 Å². The Hall–Kier alpha value is -4.74. The van der Waals surface area contributed by atoms with Crippen molar-refractivity contribution in [3.63, 3.8) is 0 Å². The maximum atomic E-state index is 14.0. The first-order chi connectivity index (χ1) is 20.5. The molecule has 2 unspecified atom stereocenters. The van der Waals surface area contributed by atoms with Gasteiger partial charge >= 0.3 is 0 Å². The zero-order valence-electron chi connectivity index (χ0n) is 23.8. The first kappa shape index (κ1) is 26.2. The Morgan fingerprint density at radius 2 is 1.31 bits per heavy atom. The number of hydrogen-bond donors (Lipinski definition) is 1. The number of rotatable bonds is 6. The van der Waals surface area contributed by atoms with Gasteiger partial charge in [-0.3, -0.25) is 9.36 Å². The van der Waals surface area contributed by atoms with Gasteiger partial charge in [-0.2, -0.15) is 0 Å². The van der Waals surface area contributed by atoms with E-state index in [0.29, 0.717) is 12.1 Å². The van der Waals surface area contributed by atoms with Crippen LogP contribution in [0, 0.1) is 19.8 Å². The minimum atomic E-state index is -1.04. The van der Waals surface area contributed by atoms with Crippen LogP contribution < -0.4 is 0 Å². The number of nitrogens with zero attached hydrogens (tertiary/aromatic N) is 3. The fourth-order valence-corrected chi connectivity index (χ4v) is 7.02. The molecule has 2 atom stereocenters. The van der Waals surface area contributed by atoms with Crippen LogP contribution in [-0.2, 0) is 12.0 Å². The summed E-state index contributed by atoms with van der Waals surface area (Å²) in [7, 11) is 0. The lowest BCUT2D eigenvalue weighted by atomic mass is 9.76. The van der Waals surface area contributed by atoms with E-state index in [9.17, 15) is 9.90 Å². The fourth-order valence-electron chi connectivity index (χ4n) is 7.02. The summed E-state index contributed by atoms with van der Waals surface area (Å²) >= 11 is 0. The predicted molar refractivity (Wildman–Crippen MR) is 166 cm³/mol. The van der Waals surface area contributed by atoms with E-state index in [2.05, 4.69) is 90.4 Å². The Morgan fingerprint density at radius 1 is 0.786 bits per heavy atom. The van der Waals surface area contributed by atoms with Crippen LogP contribution in [0.5, 0.6) is 0 Å². The lowest BCUT2D eigenvalue weighted by Gasteiger charge is -2.38. The summed E-state index contributed by atoms with van der Waals surface area (Å²) in [5.74, 6) is 0.0996. The second-order valence-corrected chi connectivity index (χ2v) is 11.2. The Kier molecular flexibility index (Phi) is 6.40. The van der Waals surface area contributed by atoms with Crippen molar-refractivity contribution in [2.45, 2.75) is 38.3 Å². The number of aliphatic hydroxyl groups excluding tert-OH is 1. The van der Waals surface area contributed by atoms with Crippen molar-refractivity contribution >= 4 is 16.8 Å². The predicted octanol–water partition coefficient (Wildman–Crippen LogP) is 7.23. The van der Waals surface area contributed by atoms with Crippen molar-refractivity contribution in [2.75, 3.05) is 0 Å². The zero-order valence-corrected chi connectivity index (χ0v) is 23.8. The minimum Gasteiger partial charge on any atom is -0.386 e. The van der Waals surface area contributed by atoms with Gasteiger partial charge in [0.1, 0.15) is 17.5 Å². The molecule has 1 N–H and O–H groups in total. The second kappa shape index (κ2) is 10.3. The van der Waals surface area contributed by atoms with Crippen molar-refractivity contribution < 1.29 is 9.90 Å². The highest BCUT2D eigenvalue weighted by molar-refractivity contribution is 5.97. The quantitative estimate of drug-likeness (QED) is 0.222. The number of para-hydroxylation sites is 1. The maximum Gasteiger partial charge on any atom is 0.237 e. The molecule has 4 aromatic carbocycles. The summed E-state index contributed by atoms with van der Waals surface area (Å²) in [6, 6.07) is 39.3. The van der Waals surface area contributed by atoms with Gasteiger partial charge < -0.3 is 9.67 Å². The van der Waals surface area contributed by atoms with Gasteiger partial charge in [0.2, 0.25) is 5.91 Å². The van der Waals surface area contributed by atoms with Crippen molar-refractivity contribution in [1.29, 1.82) is 0 Å². The monoisotopic (exact) mass is 551 g/mol. The van der Waals surface area contributed by atoms with E-state index in [1.54, 1.807) is 0 Å². The summed E-state index contributed by atoms with van der Waals surface area (Å²) < 4.78 is 3.99. The Balaban J connectivity index is 1.38. The first-order valence-corrected chi connectivity index (χ1v) is 14.6. The Labute approximate surface area is 245 Å². The van der Waals surface area contributed by atoms with Gasteiger partial charge in [-0.1, -0.05) is 109 Å². The summed E-state index contributed by atoms with van der Waals surface area (Å²) in [5, 5.41) is 12.9. The van der Waals surface area contributed by atoms with Gasteiger partial charge in [-0.05, 0) is 55.0 Å². The SMILES string of the molecule is Cc1c2n(c3ccccc13)C(=O)C(C(O)c1cn(C(c3ccccc3)(c3ccccc3)c3ccccc3)c(C)n1)CC2. The number of imidazole rings is 1. The van der Waals surface area contributed by atoms with Crippen molar-refractivity contribution in [2.24, 2.45) is 5.92 Å². The maximum absolute atomic E-state index is 14.0. The van der Waals surface area contributed by atoms with Crippen molar-refractivity contribution in [3.05, 3.63) is 161 Å². The Morgan fingerprint density at radius 3 is 1.88 bits per heavy atom. The van der Waals surface area contributed by atoms with E-state index in [1.807, 2.05) is 54.1 Å². The molecule has 5 heteroatoms. The molecule has 0 aliphatic carbocycles. The van der Waals surface area contributed by atoms with E-state index >= 15 is 0 Å². The number of aliphatic hydroxyl groups is 1. The molecule has 3 heterocycles. The molecule has 42 heavy (non-hydrogen) atoms. The molecule has 1 aliphatic rings. The lowest BCUT2D eigenvalue weighted by Crippen LogP contribution is -2.38. The van der Waals surface area contributed by atoms with Crippen LogP contribution in [0.3, 0.4) is 0 Å². The average molecular weight is 552 g/mol. The van der Waals surface area contributed by atoms with Gasteiger partial charge in [-0.15, -0.1) is 0 Å². The topological polar surface area (TPSA) is 60.1 Å². The zero-order chi connectivity index (χ0) is 28.8. The number of aromatic nitrogens is 3. The van der Waals surface area contributed by atoms with Crippen LogP contribution in [0.4, 0.5) is 0 Å². The third-order valence-corrected chi connectivity index (χ3v) is 9.00. The summed E-state index contributed by atoms with van der Waals surface area (Å²) in [6.07, 6.45) is 2.22. The summed E-state index contributed by atoms with van der Waals surface area (Å²) in [5.41, 5.74) is 6.10. The van der Waals surface area contributed by atoms with E-state index in [0.717, 1.165) is 51.1 Å². The molecule has 0 radical (unpaired) electrons. The molecule has 0 bridgehead atoms. The van der Waals surface area contributed by atoms with Crippen molar-refractivity contribution in [3.8, 4) is 0 Å². The summed E-state index contributed by atoms with van der Waals surface area (Å²) in [4.78, 5) is 18.9. The second-order valence-electron chi connectivity index (χ2n) is 11.2. The number of aryl methyl sites for hydroxylation is 2. The molecule has 7 rings (SSSR count). The molecule has 0 fully saturated rings. The Bertz CT molecular complexity index is 1790. The van der Waals surface area contributed by atoms with Crippen LogP contribution in [0.1, 0.15) is 56.8 Å². The normalized spacial score (nSPS) is 16.0. The third-order valence-electron chi connectivity index (χ3n) is 9.00. The fraction of sp³-hybridized carbons (Fsp3) is 0.189. The molecule has 0 saturated carbocycles. The highest BCUT2D eigenvalue weighted by Crippen LogP contribution is 2.43. The molecular weight excluding hydrogens is 518 g/mol. The first-order valence-electron chi connectivity index (χ1n) is 14.6. The number of carbonyl (C=O) groups is 1. The van der Waals surface area contributed by atoms with Crippen LogP contribution >= 0.6 is 0 Å². The number of benzene rings is 4. The third kappa shape index (κ3) is 3.88. The van der Waals surface area contributed by atoms with E-state index in [1.165, 1.54) is 0 Å². The number of carbonyl (C=O) groups excluding carboxylic acids is 1. The smallest absolute Gasteiger partial charge is 0.237 e. The standard InChI is InChI=1S/C37H33N3O2/c1-25-30-20-12-13-21-34(30)40-33(25)23-22-31(36(40)42)35(41)32-24-39(26(2)38-32)37(27-14-6-3-7-15-27,28-16-8-4-9-17-28)29-18-10-5-11-19-29/h3-21,24,31,35,41H,22-23H2,1-2H3. The van der Waals surface area contributed by atoms with Crippen LogP contribution in [0.25, 0.3) is 10.9 Å². The van der Waals surface area contributed by atoms with E-state index < -0.39 is 17.6 Å². The number of fused-ring (bicyclic) bond motifs is 3. The average Bonchev–Trinajstić information content (AvgIpc) is 3.57. The van der Waals surface area contributed by atoms with Crippen molar-refractivity contribution in [1.82, 2.24) is 14.1 Å². The van der Waals surface area contributed by atoms with Gasteiger partial charge in [0, 0.05) is 17.3 Å². The molecule has 5 nitrogen and oxygen atoms in total. The largest absolute Gasteiger partial charge is 0.386 e. The molecule has 0 amide bonds. The van der Waals surface area contributed by atoms with Crippen LogP contribution in [0.2, 0.25) is 0 Å². The van der Waals surface area contributed by atoms with Gasteiger partial charge in [-0.25, -0.2) is 4.98 Å². The van der Waals surface area contributed by atoms with E-state index in [4.69, 9.17) is 4.98 Å². The van der Waals surface area contributed by atoms with Gasteiger partial charge in [0.15, 0.2) is 0 Å². The number of hydrogen-bond acceptors (Lipinski definition) is 3. The summed E-state index contributed by atoms with van der Waals surface area (Å²) in [6.45, 7) is 4.06.